The fourth-order valence-electron chi connectivity index (χ4n) is 1.31. The predicted molar refractivity (Wildman–Crippen MR) is 74.6 cm³/mol. The molecule has 92 valence electrons. The summed E-state index contributed by atoms with van der Waals surface area (Å²) in [5.74, 6) is 6.38. The van der Waals surface area contributed by atoms with E-state index in [1.54, 1.807) is 23.1 Å². The van der Waals surface area contributed by atoms with Gasteiger partial charge in [0.2, 0.25) is 0 Å². The molecule has 0 atom stereocenters. The third-order valence-electron chi connectivity index (χ3n) is 2.14. The second-order valence-corrected chi connectivity index (χ2v) is 5.94. The zero-order chi connectivity index (χ0) is 12.8. The largest absolute Gasteiger partial charge is 0.384 e. The molecule has 0 radical (unpaired) electrons. The van der Waals surface area contributed by atoms with Gasteiger partial charge < -0.3 is 5.11 Å². The Bertz CT molecular complexity index is 567. The molecule has 0 spiro atoms. The highest BCUT2D eigenvalue weighted by Gasteiger charge is 2.01. The van der Waals surface area contributed by atoms with E-state index >= 15 is 0 Å². The van der Waals surface area contributed by atoms with Crippen LogP contribution >= 0.6 is 23.1 Å². The number of aliphatic hydroxyl groups is 1. The standard InChI is InChI=1S/C13H12N2OS2/c1-10-14-15-13(18-10)17-9-12-6-4-11(5-7-12)3-2-8-16/h4-7,16H,8-9H2,1H3. The monoisotopic (exact) mass is 276 g/mol. The number of rotatable bonds is 3. The summed E-state index contributed by atoms with van der Waals surface area (Å²) in [6.07, 6.45) is 0. The summed E-state index contributed by atoms with van der Waals surface area (Å²) in [6, 6.07) is 8.01. The molecule has 0 saturated heterocycles. The molecule has 0 aliphatic carbocycles. The third-order valence-corrected chi connectivity index (χ3v) is 4.18. The highest BCUT2D eigenvalue weighted by molar-refractivity contribution is 8.00. The Morgan fingerprint density at radius 1 is 1.28 bits per heavy atom. The number of hydrogen-bond donors (Lipinski definition) is 1. The van der Waals surface area contributed by atoms with Crippen LogP contribution in [0.2, 0.25) is 0 Å². The van der Waals surface area contributed by atoms with Crippen molar-refractivity contribution in [2.24, 2.45) is 0 Å². The molecule has 0 aliphatic heterocycles. The molecule has 1 aromatic heterocycles. The molecule has 2 rings (SSSR count). The van der Waals surface area contributed by atoms with Crippen LogP contribution in [0.3, 0.4) is 0 Å². The third kappa shape index (κ3) is 3.84. The first kappa shape index (κ1) is 13.1. The molecule has 1 heterocycles. The second kappa shape index (κ2) is 6.55. The normalized spacial score (nSPS) is 9.89. The highest BCUT2D eigenvalue weighted by atomic mass is 32.2. The number of benzene rings is 1. The van der Waals surface area contributed by atoms with Gasteiger partial charge in [-0.15, -0.1) is 10.2 Å². The van der Waals surface area contributed by atoms with Crippen LogP contribution in [0.1, 0.15) is 16.1 Å². The number of aliphatic hydroxyl groups excluding tert-OH is 1. The van der Waals surface area contributed by atoms with Crippen molar-refractivity contribution in [2.45, 2.75) is 17.0 Å². The van der Waals surface area contributed by atoms with E-state index in [0.29, 0.717) is 0 Å². The predicted octanol–water partition coefficient (Wildman–Crippen LogP) is 2.48. The van der Waals surface area contributed by atoms with Gasteiger partial charge in [-0.05, 0) is 24.6 Å². The first-order valence-corrected chi connectivity index (χ1v) is 7.20. The number of thioether (sulfide) groups is 1. The molecule has 18 heavy (non-hydrogen) atoms. The van der Waals surface area contributed by atoms with Crippen molar-refractivity contribution in [3.8, 4) is 11.8 Å². The van der Waals surface area contributed by atoms with E-state index in [-0.39, 0.29) is 6.61 Å². The lowest BCUT2D eigenvalue weighted by molar-refractivity contribution is 0.350. The summed E-state index contributed by atoms with van der Waals surface area (Å²) in [4.78, 5) is 0. The Morgan fingerprint density at radius 3 is 2.67 bits per heavy atom. The van der Waals surface area contributed by atoms with E-state index in [2.05, 4.69) is 22.0 Å². The smallest absolute Gasteiger partial charge is 0.174 e. The lowest BCUT2D eigenvalue weighted by Crippen LogP contribution is -1.82. The van der Waals surface area contributed by atoms with Crippen LogP contribution in [0.4, 0.5) is 0 Å². The Kier molecular flexibility index (Phi) is 4.76. The molecule has 0 amide bonds. The van der Waals surface area contributed by atoms with E-state index < -0.39 is 0 Å². The first-order valence-electron chi connectivity index (χ1n) is 5.39. The van der Waals surface area contributed by atoms with Gasteiger partial charge >= 0.3 is 0 Å². The van der Waals surface area contributed by atoms with E-state index in [0.717, 1.165) is 20.7 Å². The minimum absolute atomic E-state index is 0.103. The van der Waals surface area contributed by atoms with E-state index in [1.807, 2.05) is 31.2 Å². The molecule has 1 aromatic carbocycles. The summed E-state index contributed by atoms with van der Waals surface area (Å²) in [5, 5.41) is 17.7. The molecule has 0 unspecified atom stereocenters. The number of hydrogen-bond acceptors (Lipinski definition) is 5. The lowest BCUT2D eigenvalue weighted by Gasteiger charge is -1.98. The Balaban J connectivity index is 1.94. The highest BCUT2D eigenvalue weighted by Crippen LogP contribution is 2.25. The molecule has 0 bridgehead atoms. The molecule has 5 heteroatoms. The van der Waals surface area contributed by atoms with Gasteiger partial charge in [0, 0.05) is 11.3 Å². The van der Waals surface area contributed by atoms with Crippen molar-refractivity contribution in [3.63, 3.8) is 0 Å². The van der Waals surface area contributed by atoms with Crippen LogP contribution in [0.25, 0.3) is 0 Å². The van der Waals surface area contributed by atoms with Crippen LogP contribution in [-0.4, -0.2) is 21.9 Å². The van der Waals surface area contributed by atoms with Gasteiger partial charge in [0.05, 0.1) is 0 Å². The molecule has 0 saturated carbocycles. The summed E-state index contributed by atoms with van der Waals surface area (Å²) < 4.78 is 0.997. The number of nitrogens with zero attached hydrogens (tertiary/aromatic N) is 2. The van der Waals surface area contributed by atoms with Crippen LogP contribution in [0.5, 0.6) is 0 Å². The van der Waals surface area contributed by atoms with Crippen LogP contribution in [-0.2, 0) is 5.75 Å². The van der Waals surface area contributed by atoms with Gasteiger partial charge in [-0.2, -0.15) is 0 Å². The van der Waals surface area contributed by atoms with Crippen LogP contribution < -0.4 is 0 Å². The zero-order valence-corrected chi connectivity index (χ0v) is 11.5. The van der Waals surface area contributed by atoms with Gasteiger partial charge in [0.1, 0.15) is 11.6 Å². The van der Waals surface area contributed by atoms with Gasteiger partial charge in [0.25, 0.3) is 0 Å². The molecular weight excluding hydrogens is 264 g/mol. The summed E-state index contributed by atoms with van der Waals surface area (Å²) >= 11 is 3.30. The maximum Gasteiger partial charge on any atom is 0.174 e. The molecule has 2 aromatic rings. The molecule has 0 aliphatic rings. The fourth-order valence-corrected chi connectivity index (χ4v) is 3.08. The molecule has 0 fully saturated rings. The van der Waals surface area contributed by atoms with Crippen molar-refractivity contribution in [1.82, 2.24) is 10.2 Å². The first-order chi connectivity index (χ1) is 8.78. The second-order valence-electron chi connectivity index (χ2n) is 3.53. The maximum absolute atomic E-state index is 8.61. The van der Waals surface area contributed by atoms with Gasteiger partial charge in [-0.1, -0.05) is 47.1 Å². The Morgan fingerprint density at radius 2 is 2.06 bits per heavy atom. The van der Waals surface area contributed by atoms with Crippen LogP contribution in [0, 0.1) is 18.8 Å². The Hall–Kier alpha value is -1.35. The van der Waals surface area contributed by atoms with Crippen molar-refractivity contribution in [1.29, 1.82) is 0 Å². The zero-order valence-electron chi connectivity index (χ0n) is 9.88. The minimum Gasteiger partial charge on any atom is -0.384 e. The molecule has 1 N–H and O–H groups in total. The van der Waals surface area contributed by atoms with Crippen molar-refractivity contribution in [2.75, 3.05) is 6.61 Å². The topological polar surface area (TPSA) is 46.0 Å². The van der Waals surface area contributed by atoms with Crippen molar-refractivity contribution < 1.29 is 5.11 Å². The van der Waals surface area contributed by atoms with E-state index in [1.165, 1.54) is 5.56 Å². The van der Waals surface area contributed by atoms with Crippen molar-refractivity contribution in [3.05, 3.63) is 40.4 Å². The number of aryl methyl sites for hydroxylation is 1. The van der Waals surface area contributed by atoms with Gasteiger partial charge in [-0.25, -0.2) is 0 Å². The minimum atomic E-state index is -0.103. The SMILES string of the molecule is Cc1nnc(SCc2ccc(C#CCO)cc2)s1. The summed E-state index contributed by atoms with van der Waals surface area (Å²) in [6.45, 7) is 1.85. The number of aromatic nitrogens is 2. The van der Waals surface area contributed by atoms with Gasteiger partial charge in [0.15, 0.2) is 4.34 Å². The molecule has 3 nitrogen and oxygen atoms in total. The maximum atomic E-state index is 8.61. The quantitative estimate of drug-likeness (QED) is 0.691. The Labute approximate surface area is 114 Å². The molecular formula is C13H12N2OS2. The van der Waals surface area contributed by atoms with E-state index in [9.17, 15) is 0 Å². The van der Waals surface area contributed by atoms with E-state index in [4.69, 9.17) is 5.11 Å². The summed E-state index contributed by atoms with van der Waals surface area (Å²) in [7, 11) is 0. The van der Waals surface area contributed by atoms with Crippen LogP contribution in [0.15, 0.2) is 28.6 Å². The van der Waals surface area contributed by atoms with Gasteiger partial charge in [-0.3, -0.25) is 0 Å². The average Bonchev–Trinajstić information content (AvgIpc) is 2.81. The lowest BCUT2D eigenvalue weighted by atomic mass is 10.1. The average molecular weight is 276 g/mol. The van der Waals surface area contributed by atoms with Crippen molar-refractivity contribution >= 4 is 23.1 Å². The fraction of sp³-hybridized carbons (Fsp3) is 0.231. The summed E-state index contributed by atoms with van der Waals surface area (Å²) in [5.41, 5.74) is 2.15.